The summed E-state index contributed by atoms with van der Waals surface area (Å²) in [5, 5.41) is 3.18. The summed E-state index contributed by atoms with van der Waals surface area (Å²) < 4.78 is 27.5. The Balaban J connectivity index is 1.58. The van der Waals surface area contributed by atoms with E-state index in [4.69, 9.17) is 0 Å². The van der Waals surface area contributed by atoms with Crippen molar-refractivity contribution in [2.24, 2.45) is 17.8 Å². The van der Waals surface area contributed by atoms with Gasteiger partial charge in [0.15, 0.2) is 0 Å². The van der Waals surface area contributed by atoms with Crippen LogP contribution in [0.3, 0.4) is 0 Å². The molecule has 1 heterocycles. The third-order valence-electron chi connectivity index (χ3n) is 4.56. The molecule has 3 rings (SSSR count). The lowest BCUT2D eigenvalue weighted by Gasteiger charge is -2.15. The predicted molar refractivity (Wildman–Crippen MR) is 82.3 cm³/mol. The van der Waals surface area contributed by atoms with Crippen LogP contribution in [0.5, 0.6) is 0 Å². The number of sulfonamides is 1. The van der Waals surface area contributed by atoms with Gasteiger partial charge in [0.25, 0.3) is 0 Å². The van der Waals surface area contributed by atoms with E-state index in [0.29, 0.717) is 23.9 Å². The molecule has 0 radical (unpaired) electrons. The van der Waals surface area contributed by atoms with Gasteiger partial charge in [-0.2, -0.15) is 0 Å². The molecular weight excluding hydrogens is 286 g/mol. The molecule has 0 atom stereocenters. The molecule has 2 aliphatic carbocycles. The Kier molecular flexibility index (Phi) is 4.38. The largest absolute Gasteiger partial charge is 0.363 e. The van der Waals surface area contributed by atoms with Crippen LogP contribution in [0.4, 0.5) is 0 Å². The molecule has 118 valence electrons. The Morgan fingerprint density at radius 1 is 1.29 bits per heavy atom. The van der Waals surface area contributed by atoms with Crippen molar-refractivity contribution in [1.82, 2.24) is 15.0 Å². The Morgan fingerprint density at radius 3 is 2.52 bits per heavy atom. The van der Waals surface area contributed by atoms with Gasteiger partial charge in [0.2, 0.25) is 10.0 Å². The summed E-state index contributed by atoms with van der Waals surface area (Å²) in [5.41, 5.74) is 0.901. The number of rotatable bonds is 9. The van der Waals surface area contributed by atoms with Gasteiger partial charge in [-0.15, -0.1) is 0 Å². The molecular formula is C15H25N3O2S. The van der Waals surface area contributed by atoms with Crippen LogP contribution in [-0.4, -0.2) is 26.5 Å². The molecule has 5 nitrogen and oxygen atoms in total. The van der Waals surface area contributed by atoms with Crippen LogP contribution in [0.25, 0.3) is 0 Å². The van der Waals surface area contributed by atoms with Gasteiger partial charge in [-0.05, 0) is 56.0 Å². The number of hydrogen-bond acceptors (Lipinski definition) is 3. The first-order chi connectivity index (χ1) is 10.1. The SMILES string of the molecule is CCNCc1cc(S(=O)(=O)NCC(C2CC2)C2CC2)c[nH]1. The van der Waals surface area contributed by atoms with E-state index in [-0.39, 0.29) is 0 Å². The Bertz CT molecular complexity index is 561. The monoisotopic (exact) mass is 311 g/mol. The molecule has 2 fully saturated rings. The van der Waals surface area contributed by atoms with Crippen molar-refractivity contribution in [1.29, 1.82) is 0 Å². The van der Waals surface area contributed by atoms with Gasteiger partial charge in [0.1, 0.15) is 0 Å². The fourth-order valence-electron chi connectivity index (χ4n) is 2.99. The van der Waals surface area contributed by atoms with Gasteiger partial charge in [0, 0.05) is 25.0 Å². The topological polar surface area (TPSA) is 74.0 Å². The summed E-state index contributed by atoms with van der Waals surface area (Å²) in [5.74, 6) is 2.08. The van der Waals surface area contributed by atoms with Crippen LogP contribution in [0.15, 0.2) is 17.2 Å². The molecule has 0 spiro atoms. The highest BCUT2D eigenvalue weighted by atomic mass is 32.2. The zero-order valence-electron chi connectivity index (χ0n) is 12.6. The fraction of sp³-hybridized carbons (Fsp3) is 0.733. The van der Waals surface area contributed by atoms with Crippen LogP contribution in [0.2, 0.25) is 0 Å². The molecule has 3 N–H and O–H groups in total. The maximum absolute atomic E-state index is 12.4. The third kappa shape index (κ3) is 3.87. The highest BCUT2D eigenvalue weighted by Gasteiger charge is 2.41. The first-order valence-corrected chi connectivity index (χ1v) is 9.46. The standard InChI is InChI=1S/C15H25N3O2S/c1-2-16-8-13-7-14(9-17-13)21(19,20)18-10-15(11-3-4-11)12-5-6-12/h7,9,11-12,15-18H,2-6,8,10H2,1H3. The van der Waals surface area contributed by atoms with Crippen LogP contribution in [-0.2, 0) is 16.6 Å². The molecule has 1 aromatic rings. The second kappa shape index (κ2) is 6.10. The van der Waals surface area contributed by atoms with E-state index in [1.165, 1.54) is 25.7 Å². The normalized spacial score (nSPS) is 19.3. The lowest BCUT2D eigenvalue weighted by atomic mass is 9.99. The van der Waals surface area contributed by atoms with Crippen molar-refractivity contribution >= 4 is 10.0 Å². The summed E-state index contributed by atoms with van der Waals surface area (Å²) in [4.78, 5) is 3.37. The van der Waals surface area contributed by atoms with Gasteiger partial charge in [-0.1, -0.05) is 6.92 Å². The van der Waals surface area contributed by atoms with E-state index < -0.39 is 10.0 Å². The van der Waals surface area contributed by atoms with Crippen molar-refractivity contribution < 1.29 is 8.42 Å². The summed E-state index contributed by atoms with van der Waals surface area (Å²) in [7, 11) is -3.38. The number of nitrogens with one attached hydrogen (secondary N) is 3. The van der Waals surface area contributed by atoms with E-state index in [9.17, 15) is 8.42 Å². The first kappa shape index (κ1) is 15.1. The molecule has 0 aliphatic heterocycles. The lowest BCUT2D eigenvalue weighted by molar-refractivity contribution is 0.401. The third-order valence-corrected chi connectivity index (χ3v) is 5.96. The van der Waals surface area contributed by atoms with Crippen LogP contribution >= 0.6 is 0 Å². The second-order valence-electron chi connectivity index (χ2n) is 6.33. The van der Waals surface area contributed by atoms with Crippen molar-refractivity contribution in [2.75, 3.05) is 13.1 Å². The van der Waals surface area contributed by atoms with Crippen molar-refractivity contribution in [2.45, 2.75) is 44.0 Å². The zero-order valence-corrected chi connectivity index (χ0v) is 13.4. The highest BCUT2D eigenvalue weighted by molar-refractivity contribution is 7.89. The lowest BCUT2D eigenvalue weighted by Crippen LogP contribution is -2.31. The van der Waals surface area contributed by atoms with Crippen LogP contribution in [0, 0.1) is 17.8 Å². The molecule has 0 bridgehead atoms. The minimum Gasteiger partial charge on any atom is -0.363 e. The average molecular weight is 311 g/mol. The molecule has 0 unspecified atom stereocenters. The quantitative estimate of drug-likeness (QED) is 0.651. The van der Waals surface area contributed by atoms with Crippen molar-refractivity contribution in [3.63, 3.8) is 0 Å². The molecule has 0 aromatic carbocycles. The van der Waals surface area contributed by atoms with Gasteiger partial charge in [-0.25, -0.2) is 13.1 Å². The molecule has 2 saturated carbocycles. The molecule has 2 aliphatic rings. The molecule has 1 aromatic heterocycles. The smallest absolute Gasteiger partial charge is 0.242 e. The van der Waals surface area contributed by atoms with E-state index in [2.05, 4.69) is 15.0 Å². The number of aromatic amines is 1. The molecule has 6 heteroatoms. The molecule has 0 amide bonds. The first-order valence-electron chi connectivity index (χ1n) is 7.98. The molecule has 21 heavy (non-hydrogen) atoms. The summed E-state index contributed by atoms with van der Waals surface area (Å²) in [6.07, 6.45) is 6.69. The summed E-state index contributed by atoms with van der Waals surface area (Å²) in [6.45, 7) is 4.16. The zero-order chi connectivity index (χ0) is 14.9. The van der Waals surface area contributed by atoms with Gasteiger partial charge >= 0.3 is 0 Å². The van der Waals surface area contributed by atoms with Crippen LogP contribution < -0.4 is 10.0 Å². The van der Waals surface area contributed by atoms with E-state index in [1.54, 1.807) is 12.3 Å². The van der Waals surface area contributed by atoms with Gasteiger partial charge in [0.05, 0.1) is 4.90 Å². The summed E-state index contributed by atoms with van der Waals surface area (Å²) >= 11 is 0. The Labute approximate surface area is 127 Å². The summed E-state index contributed by atoms with van der Waals surface area (Å²) in [6, 6.07) is 1.72. The Hall–Kier alpha value is -0.850. The minimum absolute atomic E-state index is 0.348. The fourth-order valence-corrected chi connectivity index (χ4v) is 4.08. The second-order valence-corrected chi connectivity index (χ2v) is 8.10. The average Bonchev–Trinajstić information content (AvgIpc) is 3.38. The predicted octanol–water partition coefficient (Wildman–Crippen LogP) is 1.84. The maximum Gasteiger partial charge on any atom is 0.242 e. The van der Waals surface area contributed by atoms with Gasteiger partial charge in [-0.3, -0.25) is 0 Å². The van der Waals surface area contributed by atoms with Gasteiger partial charge < -0.3 is 10.3 Å². The number of H-pyrrole nitrogens is 1. The van der Waals surface area contributed by atoms with E-state index in [1.807, 2.05) is 6.92 Å². The minimum atomic E-state index is -3.38. The molecule has 0 saturated heterocycles. The van der Waals surface area contributed by atoms with E-state index in [0.717, 1.165) is 24.1 Å². The van der Waals surface area contributed by atoms with E-state index >= 15 is 0 Å². The van der Waals surface area contributed by atoms with Crippen molar-refractivity contribution in [3.05, 3.63) is 18.0 Å². The number of aromatic nitrogens is 1. The highest BCUT2D eigenvalue weighted by Crippen LogP contribution is 2.48. The van der Waals surface area contributed by atoms with Crippen LogP contribution in [0.1, 0.15) is 38.3 Å². The Morgan fingerprint density at radius 2 is 1.95 bits per heavy atom. The maximum atomic E-state index is 12.4. The van der Waals surface area contributed by atoms with Crippen molar-refractivity contribution in [3.8, 4) is 0 Å². The number of hydrogen-bond donors (Lipinski definition) is 3.